The smallest absolute Gasteiger partial charge is 0.378 e. The van der Waals surface area contributed by atoms with Gasteiger partial charge in [0.05, 0.1) is 36.6 Å². The van der Waals surface area contributed by atoms with Crippen molar-refractivity contribution < 1.29 is 36.2 Å². The van der Waals surface area contributed by atoms with Gasteiger partial charge in [0, 0.05) is 6.61 Å². The van der Waals surface area contributed by atoms with E-state index in [1.807, 2.05) is 0 Å². The van der Waals surface area contributed by atoms with Crippen molar-refractivity contribution >= 4 is 0 Å². The van der Waals surface area contributed by atoms with E-state index in [1.54, 1.807) is 6.92 Å². The fourth-order valence-corrected chi connectivity index (χ4v) is 3.93. The van der Waals surface area contributed by atoms with Gasteiger partial charge in [-0.3, -0.25) is 4.68 Å². The average Bonchev–Trinajstić information content (AvgIpc) is 3.22. The van der Waals surface area contributed by atoms with Crippen LogP contribution in [0.15, 0.2) is 0 Å². The Bertz CT molecular complexity index is 671. The Morgan fingerprint density at radius 1 is 1.16 bits per heavy atom. The molecule has 0 radical (unpaired) electrons. The van der Waals surface area contributed by atoms with E-state index in [0.717, 1.165) is 4.68 Å². The van der Waals surface area contributed by atoms with Gasteiger partial charge in [-0.1, -0.05) is 0 Å². The minimum absolute atomic E-state index is 0.108. The summed E-state index contributed by atoms with van der Waals surface area (Å²) in [4.78, 5) is 0. The summed E-state index contributed by atoms with van der Waals surface area (Å²) in [6, 6.07) is -0.504. The van der Waals surface area contributed by atoms with Crippen LogP contribution >= 0.6 is 0 Å². The Balaban J connectivity index is 1.89. The summed E-state index contributed by atoms with van der Waals surface area (Å²) < 4.78 is 86.6. The molecule has 1 aromatic heterocycles. The number of ether oxygens (including phenoxy) is 3. The van der Waals surface area contributed by atoms with Crippen LogP contribution in [0.3, 0.4) is 0 Å². The largest absolute Gasteiger partial charge is 0.435 e. The first-order valence-corrected chi connectivity index (χ1v) is 8.13. The summed E-state index contributed by atoms with van der Waals surface area (Å²) in [5.74, 6) is -2.37. The van der Waals surface area contributed by atoms with Gasteiger partial charge in [0.25, 0.3) is 0 Å². The fourth-order valence-electron chi connectivity index (χ4n) is 3.93. The molecule has 3 heterocycles. The Morgan fingerprint density at radius 3 is 2.44 bits per heavy atom. The topological polar surface area (TPSA) is 45.5 Å². The first-order chi connectivity index (χ1) is 11.8. The van der Waals surface area contributed by atoms with Crippen LogP contribution in [0.25, 0.3) is 0 Å². The highest BCUT2D eigenvalue weighted by atomic mass is 19.4. The minimum atomic E-state index is -4.88. The molecule has 1 aliphatic carbocycles. The lowest BCUT2D eigenvalue weighted by Gasteiger charge is -2.29. The monoisotopic (exact) mass is 368 g/mol. The van der Waals surface area contributed by atoms with Gasteiger partial charge in [-0.15, -0.1) is 0 Å². The van der Waals surface area contributed by atoms with Gasteiger partial charge < -0.3 is 14.2 Å². The fraction of sp³-hybridized carbons (Fsp3) is 0.800. The number of rotatable bonds is 1. The lowest BCUT2D eigenvalue weighted by atomic mass is 10.0. The zero-order valence-electron chi connectivity index (χ0n) is 13.4. The zero-order chi connectivity index (χ0) is 18.0. The molecular weight excluding hydrogens is 351 g/mol. The van der Waals surface area contributed by atoms with E-state index in [2.05, 4.69) is 5.10 Å². The van der Waals surface area contributed by atoms with Gasteiger partial charge in [-0.05, 0) is 19.8 Å². The third-order valence-corrected chi connectivity index (χ3v) is 4.97. The van der Waals surface area contributed by atoms with Crippen LogP contribution in [-0.4, -0.2) is 41.9 Å². The summed E-state index contributed by atoms with van der Waals surface area (Å²) in [5, 5.41) is 3.63. The maximum absolute atomic E-state index is 14.7. The predicted molar refractivity (Wildman–Crippen MR) is 73.2 cm³/mol. The minimum Gasteiger partial charge on any atom is -0.378 e. The number of alkyl halides is 5. The standard InChI is InChI=1S/C15H17F5N2O3/c1-7-6-8(2-3-23-7)22-11-9(13(21-22)15(18,19)20)14(12(17)10(11)16)24-4-5-25-14/h7-8,10,12H,2-6H2,1H3/t7-,8-,10+,12+/m0/s1. The highest BCUT2D eigenvalue weighted by molar-refractivity contribution is 5.42. The lowest BCUT2D eigenvalue weighted by Crippen LogP contribution is -2.37. The van der Waals surface area contributed by atoms with Crippen molar-refractivity contribution in [3.63, 3.8) is 0 Å². The molecule has 0 saturated carbocycles. The van der Waals surface area contributed by atoms with E-state index in [1.165, 1.54) is 0 Å². The van der Waals surface area contributed by atoms with E-state index >= 15 is 0 Å². The Kier molecular flexibility index (Phi) is 3.86. The van der Waals surface area contributed by atoms with E-state index in [4.69, 9.17) is 14.2 Å². The summed E-state index contributed by atoms with van der Waals surface area (Å²) in [7, 11) is 0. The number of nitrogens with zero attached hydrogens (tertiary/aromatic N) is 2. The number of hydrogen-bond acceptors (Lipinski definition) is 4. The molecule has 25 heavy (non-hydrogen) atoms. The van der Waals surface area contributed by atoms with Gasteiger partial charge in [-0.2, -0.15) is 18.3 Å². The summed E-state index contributed by atoms with van der Waals surface area (Å²) in [6.07, 6.45) is -9.01. The molecule has 0 aromatic carbocycles. The van der Waals surface area contributed by atoms with E-state index in [0.29, 0.717) is 19.4 Å². The maximum Gasteiger partial charge on any atom is 0.435 e. The highest BCUT2D eigenvalue weighted by Crippen LogP contribution is 2.56. The molecule has 1 spiro atoms. The van der Waals surface area contributed by atoms with Crippen LogP contribution < -0.4 is 0 Å². The maximum atomic E-state index is 14.7. The van der Waals surface area contributed by atoms with Crippen molar-refractivity contribution in [3.05, 3.63) is 17.0 Å². The number of fused-ring (bicyclic) bond motifs is 2. The van der Waals surface area contributed by atoms with E-state index < -0.39 is 47.3 Å². The molecule has 2 saturated heterocycles. The molecule has 5 nitrogen and oxygen atoms in total. The van der Waals surface area contributed by atoms with Gasteiger partial charge in [0.15, 0.2) is 18.0 Å². The second-order valence-corrected chi connectivity index (χ2v) is 6.58. The number of halogens is 5. The molecule has 0 unspecified atom stereocenters. The first-order valence-electron chi connectivity index (χ1n) is 8.13. The first kappa shape index (κ1) is 17.2. The molecule has 4 atom stereocenters. The molecule has 1 aromatic rings. The van der Waals surface area contributed by atoms with Crippen molar-refractivity contribution in [1.29, 1.82) is 0 Å². The van der Waals surface area contributed by atoms with Gasteiger partial charge >= 0.3 is 6.18 Å². The zero-order valence-corrected chi connectivity index (χ0v) is 13.4. The molecule has 0 bridgehead atoms. The number of hydrogen-bond donors (Lipinski definition) is 0. The SMILES string of the molecule is C[C@H]1C[C@@H](n2nc(C(F)(F)F)c3c2[C@@H](F)[C@@H](F)C32OCCO2)CCO1. The highest BCUT2D eigenvalue weighted by Gasteiger charge is 2.64. The van der Waals surface area contributed by atoms with Crippen LogP contribution in [0.1, 0.15) is 48.9 Å². The van der Waals surface area contributed by atoms with Gasteiger partial charge in [0.1, 0.15) is 0 Å². The van der Waals surface area contributed by atoms with Crippen molar-refractivity contribution in [2.45, 2.75) is 56.2 Å². The van der Waals surface area contributed by atoms with Crippen molar-refractivity contribution in [2.75, 3.05) is 19.8 Å². The third kappa shape index (κ3) is 2.41. The molecule has 140 valence electrons. The third-order valence-electron chi connectivity index (χ3n) is 4.97. The van der Waals surface area contributed by atoms with Crippen molar-refractivity contribution in [3.8, 4) is 0 Å². The van der Waals surface area contributed by atoms with Crippen LogP contribution in [0.2, 0.25) is 0 Å². The van der Waals surface area contributed by atoms with E-state index in [9.17, 15) is 22.0 Å². The molecule has 0 amide bonds. The summed E-state index contributed by atoms with van der Waals surface area (Å²) >= 11 is 0. The Hall–Kier alpha value is -1.26. The summed E-state index contributed by atoms with van der Waals surface area (Å²) in [5.41, 5.74) is -2.43. The lowest BCUT2D eigenvalue weighted by molar-refractivity contribution is -0.217. The van der Waals surface area contributed by atoms with Gasteiger partial charge in [-0.25, -0.2) is 8.78 Å². The van der Waals surface area contributed by atoms with Crippen LogP contribution in [0.4, 0.5) is 22.0 Å². The van der Waals surface area contributed by atoms with Crippen LogP contribution in [0, 0.1) is 0 Å². The van der Waals surface area contributed by atoms with Crippen LogP contribution in [0.5, 0.6) is 0 Å². The summed E-state index contributed by atoms with van der Waals surface area (Å²) in [6.45, 7) is 1.87. The quantitative estimate of drug-likeness (QED) is 0.715. The molecule has 4 rings (SSSR count). The molecule has 10 heteroatoms. The van der Waals surface area contributed by atoms with Crippen molar-refractivity contribution in [2.24, 2.45) is 0 Å². The molecule has 0 N–H and O–H groups in total. The van der Waals surface area contributed by atoms with Gasteiger partial charge in [0.2, 0.25) is 5.79 Å². The molecule has 2 aliphatic heterocycles. The molecule has 2 fully saturated rings. The average molecular weight is 368 g/mol. The van der Waals surface area contributed by atoms with Crippen LogP contribution in [-0.2, 0) is 26.2 Å². The normalized spacial score (nSPS) is 34.6. The Morgan fingerprint density at radius 2 is 1.84 bits per heavy atom. The second kappa shape index (κ2) is 5.62. The predicted octanol–water partition coefficient (Wildman–Crippen LogP) is 3.20. The van der Waals surface area contributed by atoms with Crippen molar-refractivity contribution in [1.82, 2.24) is 9.78 Å². The number of aromatic nitrogens is 2. The Labute approximate surface area is 140 Å². The molecule has 3 aliphatic rings. The van der Waals surface area contributed by atoms with E-state index in [-0.39, 0.29) is 19.3 Å². The molecular formula is C15H17F5N2O3. The second-order valence-electron chi connectivity index (χ2n) is 6.58.